The molecule has 4 atom stereocenters. The second-order valence-electron chi connectivity index (χ2n) is 7.43. The van der Waals surface area contributed by atoms with Crippen LogP contribution in [0.5, 0.6) is 5.75 Å². The molecule has 132 valence electrons. The molecule has 3 nitrogen and oxygen atoms in total. The first-order valence-corrected chi connectivity index (χ1v) is 9.36. The lowest BCUT2D eigenvalue weighted by Crippen LogP contribution is -2.48. The molecule has 2 aliphatic rings. The Bertz CT molecular complexity index is 609. The number of ether oxygens (including phenoxy) is 2. The number of aryl methyl sites for hydroxylation is 1. The van der Waals surface area contributed by atoms with E-state index in [1.807, 2.05) is 0 Å². The summed E-state index contributed by atoms with van der Waals surface area (Å²) in [6.07, 6.45) is 6.23. The van der Waals surface area contributed by atoms with Crippen molar-refractivity contribution in [2.75, 3.05) is 14.2 Å². The van der Waals surface area contributed by atoms with Crippen molar-refractivity contribution in [2.24, 2.45) is 17.3 Å². The Morgan fingerprint density at radius 1 is 1.25 bits per heavy atom. The lowest BCUT2D eigenvalue weighted by atomic mass is 9.52. The summed E-state index contributed by atoms with van der Waals surface area (Å²) in [5.41, 5.74) is 2.64. The number of carbonyl (C=O) groups is 1. The van der Waals surface area contributed by atoms with Gasteiger partial charge in [-0.25, -0.2) is 0 Å². The minimum Gasteiger partial charge on any atom is -0.497 e. The second-order valence-corrected chi connectivity index (χ2v) is 7.43. The largest absolute Gasteiger partial charge is 0.497 e. The molecule has 2 aliphatic carbocycles. The minimum absolute atomic E-state index is 0.0100. The molecule has 1 aromatic carbocycles. The summed E-state index contributed by atoms with van der Waals surface area (Å²) in [4.78, 5) is 12.7. The smallest absolute Gasteiger partial charge is 0.312 e. The maximum atomic E-state index is 12.7. The highest BCUT2D eigenvalue weighted by Gasteiger charge is 2.53. The van der Waals surface area contributed by atoms with Crippen LogP contribution >= 0.6 is 0 Å². The van der Waals surface area contributed by atoms with Gasteiger partial charge in [-0.1, -0.05) is 26.3 Å². The first kappa shape index (κ1) is 17.3. The van der Waals surface area contributed by atoms with E-state index >= 15 is 0 Å². The Morgan fingerprint density at radius 3 is 2.67 bits per heavy atom. The van der Waals surface area contributed by atoms with E-state index in [1.54, 1.807) is 14.2 Å². The Morgan fingerprint density at radius 2 is 2.04 bits per heavy atom. The van der Waals surface area contributed by atoms with Gasteiger partial charge in [-0.2, -0.15) is 0 Å². The van der Waals surface area contributed by atoms with Crippen molar-refractivity contribution < 1.29 is 14.3 Å². The van der Waals surface area contributed by atoms with Gasteiger partial charge in [0.05, 0.1) is 19.6 Å². The average Bonchev–Trinajstić information content (AvgIpc) is 2.65. The van der Waals surface area contributed by atoms with Gasteiger partial charge in [0.1, 0.15) is 5.75 Å². The number of hydrogen-bond donors (Lipinski definition) is 0. The standard InChI is InChI=1S/C21H30O3/c1-5-19-18-9-7-14-13-15(23-3)8-10-16(14)17(18)11-12-21(19,6-2)20(22)24-4/h8,10,13,17-19H,5-7,9,11-12H2,1-4H3/t17-,18-,19+,21+/m1/s1. The van der Waals surface area contributed by atoms with Crippen LogP contribution in [0, 0.1) is 17.3 Å². The van der Waals surface area contributed by atoms with Crippen molar-refractivity contribution in [3.8, 4) is 5.75 Å². The van der Waals surface area contributed by atoms with E-state index in [4.69, 9.17) is 9.47 Å². The fraction of sp³-hybridized carbons (Fsp3) is 0.667. The third-order valence-electron chi connectivity index (χ3n) is 6.80. The quantitative estimate of drug-likeness (QED) is 0.749. The molecule has 0 radical (unpaired) electrons. The van der Waals surface area contributed by atoms with E-state index in [1.165, 1.54) is 17.5 Å². The summed E-state index contributed by atoms with van der Waals surface area (Å²) in [5.74, 6) is 2.55. The van der Waals surface area contributed by atoms with E-state index in [2.05, 4.69) is 32.0 Å². The summed E-state index contributed by atoms with van der Waals surface area (Å²) in [6.45, 7) is 4.39. The van der Waals surface area contributed by atoms with E-state index in [-0.39, 0.29) is 11.4 Å². The lowest BCUT2D eigenvalue weighted by Gasteiger charge is -2.51. The van der Waals surface area contributed by atoms with Crippen LogP contribution in [0.3, 0.4) is 0 Å². The van der Waals surface area contributed by atoms with Gasteiger partial charge in [-0.05, 0) is 73.1 Å². The van der Waals surface area contributed by atoms with Crippen LogP contribution < -0.4 is 4.74 Å². The van der Waals surface area contributed by atoms with Gasteiger partial charge in [0, 0.05) is 0 Å². The molecule has 0 saturated heterocycles. The van der Waals surface area contributed by atoms with Crippen LogP contribution in [0.2, 0.25) is 0 Å². The molecule has 0 spiro atoms. The van der Waals surface area contributed by atoms with Crippen LogP contribution in [-0.4, -0.2) is 20.2 Å². The molecular formula is C21H30O3. The molecule has 0 heterocycles. The van der Waals surface area contributed by atoms with Crippen LogP contribution in [0.25, 0.3) is 0 Å². The molecular weight excluding hydrogens is 300 g/mol. The predicted molar refractivity (Wildman–Crippen MR) is 95.3 cm³/mol. The van der Waals surface area contributed by atoms with Crippen LogP contribution in [-0.2, 0) is 16.0 Å². The molecule has 0 aliphatic heterocycles. The van der Waals surface area contributed by atoms with Crippen molar-refractivity contribution >= 4 is 5.97 Å². The number of benzene rings is 1. The van der Waals surface area contributed by atoms with Crippen LogP contribution in [0.4, 0.5) is 0 Å². The zero-order valence-corrected chi connectivity index (χ0v) is 15.4. The number of carbonyl (C=O) groups excluding carboxylic acids is 1. The summed E-state index contributed by atoms with van der Waals surface area (Å²) in [6, 6.07) is 6.55. The molecule has 0 N–H and O–H groups in total. The monoisotopic (exact) mass is 330 g/mol. The molecule has 0 unspecified atom stereocenters. The Hall–Kier alpha value is -1.51. The molecule has 3 rings (SSSR count). The normalized spacial score (nSPS) is 31.8. The zero-order valence-electron chi connectivity index (χ0n) is 15.4. The van der Waals surface area contributed by atoms with Crippen molar-refractivity contribution in [3.63, 3.8) is 0 Å². The number of methoxy groups -OCH3 is 2. The fourth-order valence-corrected chi connectivity index (χ4v) is 5.63. The number of rotatable bonds is 4. The van der Waals surface area contributed by atoms with Gasteiger partial charge in [-0.15, -0.1) is 0 Å². The molecule has 1 fully saturated rings. The predicted octanol–water partition coefficient (Wildman–Crippen LogP) is 4.73. The summed E-state index contributed by atoms with van der Waals surface area (Å²) >= 11 is 0. The van der Waals surface area contributed by atoms with Gasteiger partial charge >= 0.3 is 5.97 Å². The summed E-state index contributed by atoms with van der Waals surface area (Å²) in [5, 5.41) is 0. The summed E-state index contributed by atoms with van der Waals surface area (Å²) < 4.78 is 10.6. The summed E-state index contributed by atoms with van der Waals surface area (Å²) in [7, 11) is 3.27. The molecule has 1 aromatic rings. The topological polar surface area (TPSA) is 35.5 Å². The highest BCUT2D eigenvalue weighted by Crippen LogP contribution is 2.57. The van der Waals surface area contributed by atoms with Crippen molar-refractivity contribution in [2.45, 2.75) is 58.3 Å². The highest BCUT2D eigenvalue weighted by atomic mass is 16.5. The first-order chi connectivity index (χ1) is 11.6. The van der Waals surface area contributed by atoms with E-state index in [0.29, 0.717) is 17.8 Å². The third-order valence-corrected chi connectivity index (χ3v) is 6.80. The van der Waals surface area contributed by atoms with E-state index < -0.39 is 0 Å². The Balaban J connectivity index is 1.96. The first-order valence-electron chi connectivity index (χ1n) is 9.36. The highest BCUT2D eigenvalue weighted by molar-refractivity contribution is 5.77. The lowest BCUT2D eigenvalue weighted by molar-refractivity contribution is -0.163. The molecule has 0 amide bonds. The average molecular weight is 330 g/mol. The molecule has 24 heavy (non-hydrogen) atoms. The van der Waals surface area contributed by atoms with Crippen LogP contribution in [0.15, 0.2) is 18.2 Å². The maximum Gasteiger partial charge on any atom is 0.312 e. The van der Waals surface area contributed by atoms with Gasteiger partial charge < -0.3 is 9.47 Å². The Kier molecular flexibility index (Phi) is 4.89. The van der Waals surface area contributed by atoms with Crippen molar-refractivity contribution in [1.82, 2.24) is 0 Å². The zero-order chi connectivity index (χ0) is 17.3. The molecule has 0 bridgehead atoms. The van der Waals surface area contributed by atoms with Gasteiger partial charge in [-0.3, -0.25) is 4.79 Å². The third kappa shape index (κ3) is 2.53. The van der Waals surface area contributed by atoms with E-state index in [9.17, 15) is 4.79 Å². The maximum absolute atomic E-state index is 12.7. The second kappa shape index (κ2) is 6.78. The fourth-order valence-electron chi connectivity index (χ4n) is 5.63. The number of esters is 1. The minimum atomic E-state index is -0.283. The van der Waals surface area contributed by atoms with Crippen molar-refractivity contribution in [3.05, 3.63) is 29.3 Å². The molecule has 3 heteroatoms. The Labute approximate surface area is 145 Å². The number of hydrogen-bond acceptors (Lipinski definition) is 3. The van der Waals surface area contributed by atoms with Crippen LogP contribution in [0.1, 0.15) is 63.0 Å². The van der Waals surface area contributed by atoms with Crippen molar-refractivity contribution in [1.29, 1.82) is 0 Å². The number of fused-ring (bicyclic) bond motifs is 3. The van der Waals surface area contributed by atoms with Gasteiger partial charge in [0.15, 0.2) is 0 Å². The molecule has 1 saturated carbocycles. The SMILES string of the molecule is CC[C@H]1[C@@H]2CCc3cc(OC)ccc3[C@H]2CC[C@]1(CC)C(=O)OC. The van der Waals surface area contributed by atoms with Gasteiger partial charge in [0.2, 0.25) is 0 Å². The van der Waals surface area contributed by atoms with Gasteiger partial charge in [0.25, 0.3) is 0 Å². The van der Waals surface area contributed by atoms with E-state index in [0.717, 1.165) is 37.9 Å². The molecule has 0 aromatic heterocycles.